The lowest BCUT2D eigenvalue weighted by Gasteiger charge is -2.06. The first-order valence-electron chi connectivity index (χ1n) is 6.56. The fourth-order valence-corrected chi connectivity index (χ4v) is 1.92. The number of hydrogen-bond donors (Lipinski definition) is 1. The van der Waals surface area contributed by atoms with E-state index in [0.717, 1.165) is 11.3 Å². The Balaban J connectivity index is 2.39. The van der Waals surface area contributed by atoms with E-state index >= 15 is 0 Å². The molecule has 1 heterocycles. The Hall–Kier alpha value is -2.87. The Morgan fingerprint density at radius 1 is 1.38 bits per heavy atom. The quantitative estimate of drug-likeness (QED) is 0.934. The van der Waals surface area contributed by atoms with Crippen molar-refractivity contribution in [1.29, 1.82) is 5.26 Å². The van der Waals surface area contributed by atoms with Crippen LogP contribution in [0.1, 0.15) is 29.3 Å². The van der Waals surface area contributed by atoms with Crippen LogP contribution in [0.5, 0.6) is 5.75 Å². The Kier molecular flexibility index (Phi) is 4.52. The van der Waals surface area contributed by atoms with Crippen molar-refractivity contribution in [3.8, 4) is 11.8 Å². The number of aromatic nitrogens is 2. The van der Waals surface area contributed by atoms with Crippen molar-refractivity contribution in [3.05, 3.63) is 57.0 Å². The SMILES string of the molecule is CCOc1ccccc1/C=C/c1n[nH]c(=O)c(C#N)c1C. The monoisotopic (exact) mass is 281 g/mol. The van der Waals surface area contributed by atoms with Gasteiger partial charge in [0.05, 0.1) is 12.3 Å². The lowest BCUT2D eigenvalue weighted by atomic mass is 10.1. The molecule has 0 radical (unpaired) electrons. The molecule has 1 aromatic carbocycles. The van der Waals surface area contributed by atoms with E-state index in [1.165, 1.54) is 0 Å². The molecule has 5 heteroatoms. The molecular weight excluding hydrogens is 266 g/mol. The van der Waals surface area contributed by atoms with Crippen molar-refractivity contribution in [2.75, 3.05) is 6.61 Å². The molecule has 0 aliphatic heterocycles. The van der Waals surface area contributed by atoms with Crippen LogP contribution < -0.4 is 10.3 Å². The van der Waals surface area contributed by atoms with Crippen molar-refractivity contribution >= 4 is 12.2 Å². The number of nitrogens with one attached hydrogen (secondary N) is 1. The summed E-state index contributed by atoms with van der Waals surface area (Å²) in [7, 11) is 0. The smallest absolute Gasteiger partial charge is 0.282 e. The molecule has 0 saturated heterocycles. The summed E-state index contributed by atoms with van der Waals surface area (Å²) < 4.78 is 5.54. The number of nitrogens with zero attached hydrogens (tertiary/aromatic N) is 2. The van der Waals surface area contributed by atoms with Crippen LogP contribution in [0.25, 0.3) is 12.2 Å². The summed E-state index contributed by atoms with van der Waals surface area (Å²) >= 11 is 0. The first kappa shape index (κ1) is 14.5. The minimum absolute atomic E-state index is 0.0859. The molecular formula is C16H15N3O2. The van der Waals surface area contributed by atoms with E-state index in [4.69, 9.17) is 10.00 Å². The van der Waals surface area contributed by atoms with Gasteiger partial charge in [0.1, 0.15) is 17.4 Å². The number of hydrogen-bond acceptors (Lipinski definition) is 4. The minimum Gasteiger partial charge on any atom is -0.493 e. The van der Waals surface area contributed by atoms with Crippen LogP contribution in [-0.4, -0.2) is 16.8 Å². The van der Waals surface area contributed by atoms with Crippen molar-refractivity contribution in [2.24, 2.45) is 0 Å². The third-order valence-electron chi connectivity index (χ3n) is 3.02. The highest BCUT2D eigenvalue weighted by molar-refractivity contribution is 5.72. The Labute approximate surface area is 122 Å². The normalized spacial score (nSPS) is 10.5. The van der Waals surface area contributed by atoms with Crippen molar-refractivity contribution in [1.82, 2.24) is 10.2 Å². The number of H-pyrrole nitrogens is 1. The highest BCUT2D eigenvalue weighted by Gasteiger charge is 2.07. The van der Waals surface area contributed by atoms with Gasteiger partial charge >= 0.3 is 0 Å². The van der Waals surface area contributed by atoms with Gasteiger partial charge in [-0.25, -0.2) is 5.10 Å². The van der Waals surface area contributed by atoms with Crippen molar-refractivity contribution in [2.45, 2.75) is 13.8 Å². The number of rotatable bonds is 4. The largest absolute Gasteiger partial charge is 0.493 e. The number of ether oxygens (including phenoxy) is 1. The molecule has 0 bridgehead atoms. The molecule has 0 aliphatic rings. The van der Waals surface area contributed by atoms with Crippen molar-refractivity contribution < 1.29 is 4.74 Å². The van der Waals surface area contributed by atoms with Gasteiger partial charge in [-0.15, -0.1) is 0 Å². The maximum atomic E-state index is 11.5. The number of nitriles is 1. The fourth-order valence-electron chi connectivity index (χ4n) is 1.92. The Bertz CT molecular complexity index is 770. The second-order valence-electron chi connectivity index (χ2n) is 4.35. The van der Waals surface area contributed by atoms with Crippen LogP contribution >= 0.6 is 0 Å². The summed E-state index contributed by atoms with van der Waals surface area (Å²) in [6.07, 6.45) is 3.60. The summed E-state index contributed by atoms with van der Waals surface area (Å²) in [5.74, 6) is 0.777. The van der Waals surface area contributed by atoms with Crippen LogP contribution in [0.4, 0.5) is 0 Å². The van der Waals surface area contributed by atoms with Gasteiger partial charge in [0.25, 0.3) is 5.56 Å². The van der Waals surface area contributed by atoms with E-state index in [-0.39, 0.29) is 5.56 Å². The highest BCUT2D eigenvalue weighted by Crippen LogP contribution is 2.20. The van der Waals surface area contributed by atoms with Gasteiger partial charge in [0.2, 0.25) is 0 Å². The predicted octanol–water partition coefficient (Wildman–Crippen LogP) is 2.52. The van der Waals surface area contributed by atoms with Crippen LogP contribution in [0.2, 0.25) is 0 Å². The molecule has 0 aliphatic carbocycles. The third kappa shape index (κ3) is 3.18. The summed E-state index contributed by atoms with van der Waals surface area (Å²) in [4.78, 5) is 11.5. The molecule has 21 heavy (non-hydrogen) atoms. The van der Waals surface area contributed by atoms with Gasteiger partial charge in [-0.2, -0.15) is 10.4 Å². The molecule has 2 rings (SSSR count). The molecule has 1 aromatic heterocycles. The number of benzene rings is 1. The first-order chi connectivity index (χ1) is 10.2. The number of aromatic amines is 1. The lowest BCUT2D eigenvalue weighted by molar-refractivity contribution is 0.339. The van der Waals surface area contributed by atoms with Crippen molar-refractivity contribution in [3.63, 3.8) is 0 Å². The van der Waals surface area contributed by atoms with Gasteiger partial charge in [-0.1, -0.05) is 18.2 Å². The number of para-hydroxylation sites is 1. The summed E-state index contributed by atoms with van der Waals surface area (Å²) in [5.41, 5.74) is 1.64. The van der Waals surface area contributed by atoms with Gasteiger partial charge in [-0.3, -0.25) is 4.79 Å². The van der Waals surface area contributed by atoms with Crippen LogP contribution in [0.15, 0.2) is 29.1 Å². The molecule has 2 aromatic rings. The molecule has 1 N–H and O–H groups in total. The summed E-state index contributed by atoms with van der Waals surface area (Å²) in [6.45, 7) is 4.21. The Morgan fingerprint density at radius 3 is 2.86 bits per heavy atom. The molecule has 106 valence electrons. The maximum Gasteiger partial charge on any atom is 0.282 e. The molecule has 0 fully saturated rings. The molecule has 0 spiro atoms. The average molecular weight is 281 g/mol. The van der Waals surface area contributed by atoms with Crippen LogP contribution in [0, 0.1) is 18.3 Å². The topological polar surface area (TPSA) is 78.8 Å². The zero-order valence-electron chi connectivity index (χ0n) is 11.9. The molecule has 0 atom stereocenters. The summed E-state index contributed by atoms with van der Waals surface area (Å²) in [6, 6.07) is 9.52. The van der Waals surface area contributed by atoms with E-state index in [1.807, 2.05) is 43.3 Å². The van der Waals surface area contributed by atoms with Gasteiger partial charge in [-0.05, 0) is 37.6 Å². The molecule has 0 saturated carbocycles. The Morgan fingerprint density at radius 2 is 2.14 bits per heavy atom. The average Bonchev–Trinajstić information content (AvgIpc) is 2.49. The molecule has 0 amide bonds. The fraction of sp³-hybridized carbons (Fsp3) is 0.188. The molecule has 0 unspecified atom stereocenters. The third-order valence-corrected chi connectivity index (χ3v) is 3.02. The van der Waals surface area contributed by atoms with E-state index < -0.39 is 5.56 Å². The van der Waals surface area contributed by atoms with Crippen LogP contribution in [0.3, 0.4) is 0 Å². The van der Waals surface area contributed by atoms with E-state index in [9.17, 15) is 4.79 Å². The van der Waals surface area contributed by atoms with E-state index in [0.29, 0.717) is 17.9 Å². The van der Waals surface area contributed by atoms with E-state index in [2.05, 4.69) is 10.2 Å². The predicted molar refractivity (Wildman–Crippen MR) is 80.8 cm³/mol. The van der Waals surface area contributed by atoms with Gasteiger partial charge < -0.3 is 4.74 Å². The van der Waals surface area contributed by atoms with Crippen LogP contribution in [-0.2, 0) is 0 Å². The first-order valence-corrected chi connectivity index (χ1v) is 6.56. The van der Waals surface area contributed by atoms with Gasteiger partial charge in [0, 0.05) is 5.56 Å². The maximum absolute atomic E-state index is 11.5. The van der Waals surface area contributed by atoms with Gasteiger partial charge in [0.15, 0.2) is 0 Å². The highest BCUT2D eigenvalue weighted by atomic mass is 16.5. The minimum atomic E-state index is -0.470. The zero-order valence-corrected chi connectivity index (χ0v) is 11.9. The molecule has 5 nitrogen and oxygen atoms in total. The standard InChI is InChI=1S/C16H15N3O2/c1-3-21-15-7-5-4-6-12(15)8-9-14-11(2)13(10-17)16(20)19-18-14/h4-9H,3H2,1-2H3,(H,19,20)/b9-8+. The van der Waals surface area contributed by atoms with E-state index in [1.54, 1.807) is 13.0 Å². The zero-order chi connectivity index (χ0) is 15.2. The summed E-state index contributed by atoms with van der Waals surface area (Å²) in [5, 5.41) is 15.3. The second-order valence-corrected chi connectivity index (χ2v) is 4.35. The lowest BCUT2D eigenvalue weighted by Crippen LogP contribution is -2.15. The second kappa shape index (κ2) is 6.53.